The summed E-state index contributed by atoms with van der Waals surface area (Å²) in [5.41, 5.74) is 5.61. The van der Waals surface area contributed by atoms with Crippen LogP contribution in [0.15, 0.2) is 4.99 Å². The van der Waals surface area contributed by atoms with Gasteiger partial charge in [0.2, 0.25) is 0 Å². The van der Waals surface area contributed by atoms with E-state index in [1.807, 2.05) is 20.8 Å². The van der Waals surface area contributed by atoms with Crippen LogP contribution >= 0.6 is 0 Å². The van der Waals surface area contributed by atoms with Gasteiger partial charge in [0.05, 0.1) is 26.4 Å². The highest BCUT2D eigenvalue weighted by molar-refractivity contribution is 5.78. The molecule has 0 aliphatic carbocycles. The maximum absolute atomic E-state index is 5.66. The maximum atomic E-state index is 5.66. The monoisotopic (exact) mass is 217 g/mol. The number of hydrogen-bond donors (Lipinski definition) is 2. The van der Waals surface area contributed by atoms with Crippen LogP contribution in [0.5, 0.6) is 0 Å². The largest absolute Gasteiger partial charge is 0.382 e. The van der Waals surface area contributed by atoms with Gasteiger partial charge in [0, 0.05) is 12.6 Å². The van der Waals surface area contributed by atoms with Crippen LogP contribution in [-0.2, 0) is 9.47 Å². The summed E-state index contributed by atoms with van der Waals surface area (Å²) in [6.45, 7) is 8.44. The Hall–Kier alpha value is -0.810. The molecule has 0 amide bonds. The molecule has 15 heavy (non-hydrogen) atoms. The molecule has 0 aromatic carbocycles. The fourth-order valence-electron chi connectivity index (χ4n) is 0.899. The quantitative estimate of drug-likeness (QED) is 0.383. The Kier molecular flexibility index (Phi) is 7.07. The highest BCUT2D eigenvalue weighted by Crippen LogP contribution is 1.96. The van der Waals surface area contributed by atoms with E-state index in [0.717, 1.165) is 0 Å². The molecule has 0 rings (SSSR count). The van der Waals surface area contributed by atoms with Gasteiger partial charge < -0.3 is 20.5 Å². The van der Waals surface area contributed by atoms with Crippen molar-refractivity contribution in [3.63, 3.8) is 0 Å². The minimum absolute atomic E-state index is 0.0511. The maximum Gasteiger partial charge on any atom is 0.189 e. The van der Waals surface area contributed by atoms with Gasteiger partial charge in [-0.05, 0) is 20.8 Å². The summed E-state index contributed by atoms with van der Waals surface area (Å²) in [5.74, 6) is 0.456. The summed E-state index contributed by atoms with van der Waals surface area (Å²) < 4.78 is 10.1. The van der Waals surface area contributed by atoms with E-state index in [0.29, 0.717) is 32.3 Å². The highest BCUT2D eigenvalue weighted by Gasteiger charge is 2.09. The SMILES string of the molecule is COCCOCCN=C(N)NC(C)(C)C. The molecule has 0 fully saturated rings. The zero-order valence-corrected chi connectivity index (χ0v) is 10.2. The van der Waals surface area contributed by atoms with Crippen LogP contribution in [0.2, 0.25) is 0 Å². The van der Waals surface area contributed by atoms with Gasteiger partial charge in [-0.15, -0.1) is 0 Å². The van der Waals surface area contributed by atoms with Crippen molar-refractivity contribution >= 4 is 5.96 Å². The number of nitrogens with one attached hydrogen (secondary N) is 1. The minimum atomic E-state index is -0.0511. The van der Waals surface area contributed by atoms with Crippen molar-refractivity contribution in [2.24, 2.45) is 10.7 Å². The molecule has 0 aromatic heterocycles. The summed E-state index contributed by atoms with van der Waals surface area (Å²) in [4.78, 5) is 4.12. The van der Waals surface area contributed by atoms with Crippen molar-refractivity contribution in [3.05, 3.63) is 0 Å². The third-order valence-electron chi connectivity index (χ3n) is 1.45. The smallest absolute Gasteiger partial charge is 0.189 e. The molecule has 0 aliphatic heterocycles. The molecule has 0 heterocycles. The first-order valence-electron chi connectivity index (χ1n) is 5.10. The summed E-state index contributed by atoms with van der Waals surface area (Å²) in [5, 5.41) is 3.07. The van der Waals surface area contributed by atoms with Crippen LogP contribution in [0, 0.1) is 0 Å². The molecule has 0 spiro atoms. The first kappa shape index (κ1) is 14.2. The Balaban J connectivity index is 3.50. The standard InChI is InChI=1S/C10H23N3O2/c1-10(2,3)13-9(11)12-5-6-15-8-7-14-4/h5-8H2,1-4H3,(H3,11,12,13). The van der Waals surface area contributed by atoms with Crippen LogP contribution in [0.1, 0.15) is 20.8 Å². The number of nitrogens with zero attached hydrogens (tertiary/aromatic N) is 1. The number of guanidine groups is 1. The van der Waals surface area contributed by atoms with Crippen molar-refractivity contribution in [1.29, 1.82) is 0 Å². The van der Waals surface area contributed by atoms with Gasteiger partial charge >= 0.3 is 0 Å². The van der Waals surface area contributed by atoms with Crippen molar-refractivity contribution in [3.8, 4) is 0 Å². The predicted octanol–water partition coefficient (Wildman–Crippen LogP) is 0.352. The zero-order valence-electron chi connectivity index (χ0n) is 10.2. The lowest BCUT2D eigenvalue weighted by Crippen LogP contribution is -2.45. The van der Waals surface area contributed by atoms with Crippen LogP contribution < -0.4 is 11.1 Å². The fraction of sp³-hybridized carbons (Fsp3) is 0.900. The fourth-order valence-corrected chi connectivity index (χ4v) is 0.899. The number of aliphatic imine (C=N–C) groups is 1. The predicted molar refractivity (Wildman–Crippen MR) is 62.1 cm³/mol. The number of nitrogens with two attached hydrogens (primary N) is 1. The van der Waals surface area contributed by atoms with Gasteiger partial charge in [-0.2, -0.15) is 0 Å². The van der Waals surface area contributed by atoms with Crippen molar-refractivity contribution in [2.45, 2.75) is 26.3 Å². The summed E-state index contributed by atoms with van der Waals surface area (Å²) in [6, 6.07) is 0. The molecule has 90 valence electrons. The molecule has 0 atom stereocenters. The second kappa shape index (κ2) is 7.48. The van der Waals surface area contributed by atoms with Gasteiger partial charge in [0.25, 0.3) is 0 Å². The molecule has 0 unspecified atom stereocenters. The lowest BCUT2D eigenvalue weighted by molar-refractivity contribution is 0.0748. The normalized spacial score (nSPS) is 12.9. The van der Waals surface area contributed by atoms with E-state index in [-0.39, 0.29) is 5.54 Å². The van der Waals surface area contributed by atoms with Crippen LogP contribution in [-0.4, -0.2) is 45.0 Å². The van der Waals surface area contributed by atoms with E-state index in [1.54, 1.807) is 7.11 Å². The molecule has 0 radical (unpaired) electrons. The Morgan fingerprint density at radius 3 is 2.47 bits per heavy atom. The van der Waals surface area contributed by atoms with Gasteiger partial charge in [0.1, 0.15) is 0 Å². The average molecular weight is 217 g/mol. The third kappa shape index (κ3) is 11.1. The summed E-state index contributed by atoms with van der Waals surface area (Å²) >= 11 is 0. The molecule has 5 heteroatoms. The Morgan fingerprint density at radius 1 is 1.27 bits per heavy atom. The number of hydrogen-bond acceptors (Lipinski definition) is 3. The van der Waals surface area contributed by atoms with Crippen molar-refractivity contribution in [2.75, 3.05) is 33.5 Å². The number of ether oxygens (including phenoxy) is 2. The third-order valence-corrected chi connectivity index (χ3v) is 1.45. The second-order valence-corrected chi connectivity index (χ2v) is 4.25. The molecule has 0 bridgehead atoms. The first-order chi connectivity index (χ1) is 6.95. The van der Waals surface area contributed by atoms with Crippen LogP contribution in [0.3, 0.4) is 0 Å². The lowest BCUT2D eigenvalue weighted by Gasteiger charge is -2.20. The van der Waals surface area contributed by atoms with E-state index >= 15 is 0 Å². The van der Waals surface area contributed by atoms with E-state index in [1.165, 1.54) is 0 Å². The second-order valence-electron chi connectivity index (χ2n) is 4.25. The molecule has 3 N–H and O–H groups in total. The average Bonchev–Trinajstić information content (AvgIpc) is 2.08. The highest BCUT2D eigenvalue weighted by atomic mass is 16.5. The number of methoxy groups -OCH3 is 1. The molecule has 0 saturated carbocycles. The molecule has 0 saturated heterocycles. The number of rotatable bonds is 6. The van der Waals surface area contributed by atoms with Gasteiger partial charge in [0.15, 0.2) is 5.96 Å². The van der Waals surface area contributed by atoms with Gasteiger partial charge in [-0.25, -0.2) is 0 Å². The van der Waals surface area contributed by atoms with E-state index in [9.17, 15) is 0 Å². The lowest BCUT2D eigenvalue weighted by atomic mass is 10.1. The molecular weight excluding hydrogens is 194 g/mol. The molecule has 0 aliphatic rings. The van der Waals surface area contributed by atoms with Crippen molar-refractivity contribution < 1.29 is 9.47 Å². The minimum Gasteiger partial charge on any atom is -0.382 e. The van der Waals surface area contributed by atoms with Crippen molar-refractivity contribution in [1.82, 2.24) is 5.32 Å². The van der Waals surface area contributed by atoms with Gasteiger partial charge in [-0.3, -0.25) is 4.99 Å². The van der Waals surface area contributed by atoms with E-state index < -0.39 is 0 Å². The van der Waals surface area contributed by atoms with E-state index in [4.69, 9.17) is 15.2 Å². The Labute approximate surface area is 92.0 Å². The Bertz CT molecular complexity index is 188. The molecular formula is C10H23N3O2. The van der Waals surface area contributed by atoms with Crippen LogP contribution in [0.4, 0.5) is 0 Å². The van der Waals surface area contributed by atoms with E-state index in [2.05, 4.69) is 10.3 Å². The zero-order chi connectivity index (χ0) is 11.7. The summed E-state index contributed by atoms with van der Waals surface area (Å²) in [7, 11) is 1.65. The summed E-state index contributed by atoms with van der Waals surface area (Å²) in [6.07, 6.45) is 0. The topological polar surface area (TPSA) is 68.9 Å². The van der Waals surface area contributed by atoms with Crippen LogP contribution in [0.25, 0.3) is 0 Å². The molecule has 5 nitrogen and oxygen atoms in total. The molecule has 0 aromatic rings. The van der Waals surface area contributed by atoms with Gasteiger partial charge in [-0.1, -0.05) is 0 Å². The Morgan fingerprint density at radius 2 is 1.93 bits per heavy atom. The first-order valence-corrected chi connectivity index (χ1v) is 5.10.